The van der Waals surface area contributed by atoms with Gasteiger partial charge in [-0.15, -0.1) is 0 Å². The molecule has 0 aliphatic carbocycles. The van der Waals surface area contributed by atoms with Gasteiger partial charge in [0, 0.05) is 6.42 Å². The SMILES string of the molecule is CCCCCN(C)CCCC#N. The van der Waals surface area contributed by atoms with Crippen LogP contribution in [0, 0.1) is 11.3 Å². The van der Waals surface area contributed by atoms with Crippen molar-refractivity contribution in [3.8, 4) is 6.07 Å². The predicted molar refractivity (Wildman–Crippen MR) is 51.9 cm³/mol. The Bertz CT molecular complexity index is 126. The zero-order chi connectivity index (χ0) is 9.23. The van der Waals surface area contributed by atoms with Crippen LogP contribution in [0.1, 0.15) is 39.0 Å². The fraction of sp³-hybridized carbons (Fsp3) is 0.900. The quantitative estimate of drug-likeness (QED) is 0.546. The van der Waals surface area contributed by atoms with Crippen LogP contribution in [0.4, 0.5) is 0 Å². The molecule has 0 aliphatic heterocycles. The third-order valence-corrected chi connectivity index (χ3v) is 1.97. The summed E-state index contributed by atoms with van der Waals surface area (Å²) in [5.41, 5.74) is 0. The van der Waals surface area contributed by atoms with E-state index in [1.807, 2.05) is 0 Å². The highest BCUT2D eigenvalue weighted by molar-refractivity contribution is 4.69. The second kappa shape index (κ2) is 8.55. The van der Waals surface area contributed by atoms with Gasteiger partial charge >= 0.3 is 0 Å². The summed E-state index contributed by atoms with van der Waals surface area (Å²) in [6.07, 6.45) is 5.60. The molecule has 70 valence electrons. The molecule has 12 heavy (non-hydrogen) atoms. The van der Waals surface area contributed by atoms with E-state index >= 15 is 0 Å². The Hall–Kier alpha value is -0.550. The van der Waals surface area contributed by atoms with Gasteiger partial charge < -0.3 is 4.90 Å². The van der Waals surface area contributed by atoms with Gasteiger partial charge in [0.1, 0.15) is 0 Å². The highest BCUT2D eigenvalue weighted by atomic mass is 15.1. The topological polar surface area (TPSA) is 27.0 Å². The van der Waals surface area contributed by atoms with Gasteiger partial charge in [0.15, 0.2) is 0 Å². The molecular weight excluding hydrogens is 148 g/mol. The zero-order valence-corrected chi connectivity index (χ0v) is 8.34. The molecule has 0 bridgehead atoms. The molecule has 0 aromatic carbocycles. The number of rotatable bonds is 7. The standard InChI is InChI=1S/C10H20N2/c1-3-4-6-9-12(2)10-7-5-8-11/h3-7,9-10H2,1-2H3. The lowest BCUT2D eigenvalue weighted by Gasteiger charge is -2.14. The Kier molecular flexibility index (Phi) is 8.15. The largest absolute Gasteiger partial charge is 0.306 e. The van der Waals surface area contributed by atoms with Crippen LogP contribution >= 0.6 is 0 Å². The van der Waals surface area contributed by atoms with Gasteiger partial charge in [-0.1, -0.05) is 19.8 Å². The van der Waals surface area contributed by atoms with E-state index in [2.05, 4.69) is 24.9 Å². The van der Waals surface area contributed by atoms with Crippen molar-refractivity contribution in [3.63, 3.8) is 0 Å². The third kappa shape index (κ3) is 7.56. The fourth-order valence-corrected chi connectivity index (χ4v) is 1.17. The highest BCUT2D eigenvalue weighted by Gasteiger charge is 1.96. The maximum Gasteiger partial charge on any atom is 0.0622 e. The van der Waals surface area contributed by atoms with E-state index in [-0.39, 0.29) is 0 Å². The van der Waals surface area contributed by atoms with Crippen LogP contribution in [0.15, 0.2) is 0 Å². The van der Waals surface area contributed by atoms with Gasteiger partial charge in [0.2, 0.25) is 0 Å². The van der Waals surface area contributed by atoms with Crippen molar-refractivity contribution < 1.29 is 0 Å². The second-order valence-corrected chi connectivity index (χ2v) is 3.27. The Morgan fingerprint density at radius 3 is 2.42 bits per heavy atom. The third-order valence-electron chi connectivity index (χ3n) is 1.97. The molecule has 0 saturated heterocycles. The average molecular weight is 168 g/mol. The van der Waals surface area contributed by atoms with Crippen molar-refractivity contribution in [2.45, 2.75) is 39.0 Å². The smallest absolute Gasteiger partial charge is 0.0622 e. The first-order valence-electron chi connectivity index (χ1n) is 4.86. The Morgan fingerprint density at radius 2 is 1.83 bits per heavy atom. The van der Waals surface area contributed by atoms with Crippen LogP contribution in [-0.4, -0.2) is 25.0 Å². The van der Waals surface area contributed by atoms with E-state index in [1.54, 1.807) is 0 Å². The van der Waals surface area contributed by atoms with Gasteiger partial charge in [-0.25, -0.2) is 0 Å². The molecule has 0 amide bonds. The minimum Gasteiger partial charge on any atom is -0.306 e. The van der Waals surface area contributed by atoms with E-state index in [1.165, 1.54) is 25.8 Å². The summed E-state index contributed by atoms with van der Waals surface area (Å²) in [4.78, 5) is 2.31. The molecular formula is C10H20N2. The van der Waals surface area contributed by atoms with E-state index in [0.29, 0.717) is 6.42 Å². The van der Waals surface area contributed by atoms with Gasteiger partial charge in [-0.2, -0.15) is 5.26 Å². The summed E-state index contributed by atoms with van der Waals surface area (Å²) >= 11 is 0. The van der Waals surface area contributed by atoms with Crippen molar-refractivity contribution in [2.24, 2.45) is 0 Å². The summed E-state index contributed by atoms with van der Waals surface area (Å²) in [6.45, 7) is 4.46. The summed E-state index contributed by atoms with van der Waals surface area (Å²) in [5.74, 6) is 0. The molecule has 0 saturated carbocycles. The van der Waals surface area contributed by atoms with Crippen LogP contribution in [0.2, 0.25) is 0 Å². The van der Waals surface area contributed by atoms with Gasteiger partial charge in [0.05, 0.1) is 6.07 Å². The molecule has 0 rings (SSSR count). The van der Waals surface area contributed by atoms with Crippen molar-refractivity contribution in [2.75, 3.05) is 20.1 Å². The minimum absolute atomic E-state index is 0.693. The minimum atomic E-state index is 0.693. The molecule has 0 radical (unpaired) electrons. The zero-order valence-electron chi connectivity index (χ0n) is 8.34. The molecule has 0 aromatic heterocycles. The first-order valence-corrected chi connectivity index (χ1v) is 4.86. The van der Waals surface area contributed by atoms with Crippen LogP contribution in [0.25, 0.3) is 0 Å². The molecule has 0 aliphatic rings. The highest BCUT2D eigenvalue weighted by Crippen LogP contribution is 1.97. The van der Waals surface area contributed by atoms with Crippen LogP contribution in [-0.2, 0) is 0 Å². The normalized spacial score (nSPS) is 10.2. The monoisotopic (exact) mass is 168 g/mol. The number of hydrogen-bond donors (Lipinski definition) is 0. The van der Waals surface area contributed by atoms with Gasteiger partial charge in [-0.3, -0.25) is 0 Å². The van der Waals surface area contributed by atoms with E-state index in [9.17, 15) is 0 Å². The molecule has 0 unspecified atom stereocenters. The first kappa shape index (κ1) is 11.4. The van der Waals surface area contributed by atoms with E-state index in [4.69, 9.17) is 5.26 Å². The Morgan fingerprint density at radius 1 is 1.17 bits per heavy atom. The second-order valence-electron chi connectivity index (χ2n) is 3.27. The molecule has 0 fully saturated rings. The van der Waals surface area contributed by atoms with E-state index in [0.717, 1.165) is 13.0 Å². The summed E-state index contributed by atoms with van der Waals surface area (Å²) in [6, 6.07) is 2.16. The van der Waals surface area contributed by atoms with Crippen LogP contribution in [0.5, 0.6) is 0 Å². The van der Waals surface area contributed by atoms with Crippen molar-refractivity contribution in [3.05, 3.63) is 0 Å². The molecule has 2 heteroatoms. The van der Waals surface area contributed by atoms with Crippen molar-refractivity contribution in [1.82, 2.24) is 4.90 Å². The molecule has 2 nitrogen and oxygen atoms in total. The first-order chi connectivity index (χ1) is 5.81. The Labute approximate surface area is 76.2 Å². The lowest BCUT2D eigenvalue weighted by Crippen LogP contribution is -2.20. The average Bonchev–Trinajstić information content (AvgIpc) is 2.06. The fourth-order valence-electron chi connectivity index (χ4n) is 1.17. The number of hydrogen-bond acceptors (Lipinski definition) is 2. The predicted octanol–water partition coefficient (Wildman–Crippen LogP) is 2.41. The summed E-state index contributed by atoms with van der Waals surface area (Å²) < 4.78 is 0. The number of nitriles is 1. The van der Waals surface area contributed by atoms with Gasteiger partial charge in [-0.05, 0) is 33.0 Å². The summed E-state index contributed by atoms with van der Waals surface area (Å²) in [7, 11) is 2.13. The number of unbranched alkanes of at least 4 members (excludes halogenated alkanes) is 3. The summed E-state index contributed by atoms with van der Waals surface area (Å²) in [5, 5.41) is 8.32. The van der Waals surface area contributed by atoms with Crippen molar-refractivity contribution >= 4 is 0 Å². The maximum atomic E-state index is 8.32. The van der Waals surface area contributed by atoms with E-state index < -0.39 is 0 Å². The molecule has 0 N–H and O–H groups in total. The lowest BCUT2D eigenvalue weighted by molar-refractivity contribution is 0.322. The van der Waals surface area contributed by atoms with Gasteiger partial charge in [0.25, 0.3) is 0 Å². The Balaban J connectivity index is 3.11. The maximum absolute atomic E-state index is 8.32. The van der Waals surface area contributed by atoms with Crippen LogP contribution < -0.4 is 0 Å². The molecule has 0 atom stereocenters. The van der Waals surface area contributed by atoms with Crippen molar-refractivity contribution in [1.29, 1.82) is 5.26 Å². The van der Waals surface area contributed by atoms with Crippen LogP contribution in [0.3, 0.4) is 0 Å². The number of nitrogens with zero attached hydrogens (tertiary/aromatic N) is 2. The lowest BCUT2D eigenvalue weighted by atomic mass is 10.2. The molecule has 0 heterocycles. The molecule has 0 aromatic rings. The molecule has 0 spiro atoms.